The zero-order valence-corrected chi connectivity index (χ0v) is 9.88. The molecule has 0 aliphatic heterocycles. The molecule has 0 bridgehead atoms. The van der Waals surface area contributed by atoms with Crippen LogP contribution in [-0.4, -0.2) is 16.5 Å². The summed E-state index contributed by atoms with van der Waals surface area (Å²) in [7, 11) is 0. The lowest BCUT2D eigenvalue weighted by Gasteiger charge is -2.12. The molecule has 0 saturated heterocycles. The molecule has 1 saturated carbocycles. The van der Waals surface area contributed by atoms with Crippen molar-refractivity contribution in [3.05, 3.63) is 17.0 Å². The van der Waals surface area contributed by atoms with Gasteiger partial charge >= 0.3 is 0 Å². The number of halogens is 1. The predicted octanol–water partition coefficient (Wildman–Crippen LogP) is 2.90. The van der Waals surface area contributed by atoms with Gasteiger partial charge in [-0.2, -0.15) is 0 Å². The van der Waals surface area contributed by atoms with Crippen molar-refractivity contribution in [3.63, 3.8) is 0 Å². The van der Waals surface area contributed by atoms with Crippen LogP contribution in [0, 0.1) is 18.8 Å². The average molecular weight is 226 g/mol. The highest BCUT2D eigenvalue weighted by atomic mass is 35.5. The molecule has 1 heterocycles. The third kappa shape index (κ3) is 3.06. The minimum atomic E-state index is 0.316. The Hall–Kier alpha value is -0.830. The van der Waals surface area contributed by atoms with Gasteiger partial charge in [0.05, 0.1) is 0 Å². The van der Waals surface area contributed by atoms with Crippen molar-refractivity contribution in [1.29, 1.82) is 0 Å². The third-order valence-corrected chi connectivity index (χ3v) is 3.03. The molecule has 2 rings (SSSR count). The minimum absolute atomic E-state index is 0.316. The fraction of sp³-hybridized carbons (Fsp3) is 0.636. The van der Waals surface area contributed by atoms with Gasteiger partial charge in [0.1, 0.15) is 5.82 Å². The van der Waals surface area contributed by atoms with Gasteiger partial charge in [-0.25, -0.2) is 9.97 Å². The first kappa shape index (κ1) is 10.7. The third-order valence-electron chi connectivity index (χ3n) is 2.86. The summed E-state index contributed by atoms with van der Waals surface area (Å²) in [6.07, 6.45) is 2.76. The molecule has 0 amide bonds. The summed E-state index contributed by atoms with van der Waals surface area (Å²) in [6, 6.07) is 1.92. The van der Waals surface area contributed by atoms with Crippen molar-refractivity contribution < 1.29 is 0 Å². The second-order valence-electron chi connectivity index (χ2n) is 4.36. The Morgan fingerprint density at radius 3 is 2.87 bits per heavy atom. The van der Waals surface area contributed by atoms with E-state index in [-0.39, 0.29) is 0 Å². The number of anilines is 1. The summed E-state index contributed by atoms with van der Waals surface area (Å²) in [5.74, 6) is 2.47. The second-order valence-corrected chi connectivity index (χ2v) is 4.70. The SMILES string of the molecule is Cc1cc(NCC(C)C2CC2)nc(Cl)n1. The molecule has 82 valence electrons. The summed E-state index contributed by atoms with van der Waals surface area (Å²) in [5, 5.41) is 3.63. The summed E-state index contributed by atoms with van der Waals surface area (Å²) in [4.78, 5) is 8.15. The molecule has 1 aliphatic rings. The molecule has 0 aromatic carbocycles. The quantitative estimate of drug-likeness (QED) is 0.801. The van der Waals surface area contributed by atoms with Gasteiger partial charge in [0.2, 0.25) is 5.28 Å². The molecular formula is C11H16ClN3. The van der Waals surface area contributed by atoms with E-state index < -0.39 is 0 Å². The number of hydrogen-bond donors (Lipinski definition) is 1. The Morgan fingerprint density at radius 1 is 1.53 bits per heavy atom. The first-order valence-corrected chi connectivity index (χ1v) is 5.78. The lowest BCUT2D eigenvalue weighted by molar-refractivity contribution is 0.536. The maximum atomic E-state index is 5.78. The van der Waals surface area contributed by atoms with Crippen LogP contribution in [0.3, 0.4) is 0 Å². The van der Waals surface area contributed by atoms with E-state index >= 15 is 0 Å². The molecule has 0 spiro atoms. The Morgan fingerprint density at radius 2 is 2.27 bits per heavy atom. The van der Waals surface area contributed by atoms with E-state index in [0.29, 0.717) is 5.28 Å². The molecule has 0 radical (unpaired) electrons. The molecule has 1 aromatic heterocycles. The van der Waals surface area contributed by atoms with Crippen LogP contribution < -0.4 is 5.32 Å². The normalized spacial score (nSPS) is 17.5. The minimum Gasteiger partial charge on any atom is -0.370 e. The van der Waals surface area contributed by atoms with E-state index in [1.54, 1.807) is 0 Å². The number of hydrogen-bond acceptors (Lipinski definition) is 3. The van der Waals surface area contributed by atoms with Gasteiger partial charge in [-0.1, -0.05) is 6.92 Å². The molecule has 1 aliphatic carbocycles. The highest BCUT2D eigenvalue weighted by Crippen LogP contribution is 2.36. The van der Waals surface area contributed by atoms with Crippen molar-refractivity contribution in [1.82, 2.24) is 9.97 Å². The molecular weight excluding hydrogens is 210 g/mol. The Balaban J connectivity index is 1.91. The van der Waals surface area contributed by atoms with Gasteiger partial charge in [-0.15, -0.1) is 0 Å². The van der Waals surface area contributed by atoms with Crippen molar-refractivity contribution in [2.45, 2.75) is 26.7 Å². The Labute approximate surface area is 95.3 Å². The average Bonchev–Trinajstić information content (AvgIpc) is 2.95. The van der Waals surface area contributed by atoms with E-state index in [1.807, 2.05) is 13.0 Å². The lowest BCUT2D eigenvalue weighted by atomic mass is 10.1. The topological polar surface area (TPSA) is 37.8 Å². The molecule has 3 nitrogen and oxygen atoms in total. The number of nitrogens with zero attached hydrogens (tertiary/aromatic N) is 2. The van der Waals surface area contributed by atoms with Crippen molar-refractivity contribution >= 4 is 17.4 Å². The van der Waals surface area contributed by atoms with Gasteiger partial charge in [-0.3, -0.25) is 0 Å². The van der Waals surface area contributed by atoms with E-state index in [0.717, 1.165) is 29.9 Å². The van der Waals surface area contributed by atoms with Crippen molar-refractivity contribution in [2.75, 3.05) is 11.9 Å². The molecule has 1 fully saturated rings. The maximum Gasteiger partial charge on any atom is 0.224 e. The molecule has 15 heavy (non-hydrogen) atoms. The molecule has 4 heteroatoms. The van der Waals surface area contributed by atoms with E-state index in [9.17, 15) is 0 Å². The molecule has 1 atom stereocenters. The highest BCUT2D eigenvalue weighted by Gasteiger charge is 2.27. The van der Waals surface area contributed by atoms with Gasteiger partial charge in [-0.05, 0) is 43.2 Å². The maximum absolute atomic E-state index is 5.78. The lowest BCUT2D eigenvalue weighted by Crippen LogP contribution is -2.14. The number of aryl methyl sites for hydroxylation is 1. The fourth-order valence-electron chi connectivity index (χ4n) is 1.72. The summed E-state index contributed by atoms with van der Waals surface area (Å²) >= 11 is 5.78. The van der Waals surface area contributed by atoms with Gasteiger partial charge < -0.3 is 5.32 Å². The first-order chi connectivity index (χ1) is 7.15. The first-order valence-electron chi connectivity index (χ1n) is 5.40. The van der Waals surface area contributed by atoms with Crippen molar-refractivity contribution in [3.8, 4) is 0 Å². The highest BCUT2D eigenvalue weighted by molar-refractivity contribution is 6.28. The van der Waals surface area contributed by atoms with Crippen LogP contribution in [0.5, 0.6) is 0 Å². The predicted molar refractivity (Wildman–Crippen MR) is 62.2 cm³/mol. The molecule has 1 unspecified atom stereocenters. The summed E-state index contributed by atoms with van der Waals surface area (Å²) < 4.78 is 0. The van der Waals surface area contributed by atoms with Gasteiger partial charge in [0.15, 0.2) is 0 Å². The number of rotatable bonds is 4. The smallest absolute Gasteiger partial charge is 0.224 e. The van der Waals surface area contributed by atoms with Gasteiger partial charge in [0, 0.05) is 18.3 Å². The second kappa shape index (κ2) is 4.35. The number of nitrogens with one attached hydrogen (secondary N) is 1. The van der Waals surface area contributed by atoms with Crippen LogP contribution in [0.4, 0.5) is 5.82 Å². The monoisotopic (exact) mass is 225 g/mol. The van der Waals surface area contributed by atoms with Crippen molar-refractivity contribution in [2.24, 2.45) is 11.8 Å². The van der Waals surface area contributed by atoms with E-state index in [1.165, 1.54) is 12.8 Å². The summed E-state index contributed by atoms with van der Waals surface area (Å²) in [6.45, 7) is 5.17. The van der Waals surface area contributed by atoms with Crippen LogP contribution in [-0.2, 0) is 0 Å². The van der Waals surface area contributed by atoms with E-state index in [4.69, 9.17) is 11.6 Å². The Kier molecular flexibility index (Phi) is 3.10. The fourth-order valence-corrected chi connectivity index (χ4v) is 1.94. The Bertz CT molecular complexity index is 329. The van der Waals surface area contributed by atoms with Crippen LogP contribution in [0.1, 0.15) is 25.5 Å². The van der Waals surface area contributed by atoms with Crippen LogP contribution in [0.25, 0.3) is 0 Å². The van der Waals surface area contributed by atoms with Crippen LogP contribution in [0.15, 0.2) is 6.07 Å². The van der Waals surface area contributed by atoms with Crippen LogP contribution >= 0.6 is 11.6 Å². The summed E-state index contributed by atoms with van der Waals surface area (Å²) in [5.41, 5.74) is 0.900. The zero-order valence-electron chi connectivity index (χ0n) is 9.13. The standard InChI is InChI=1S/C11H16ClN3/c1-7(9-3-4-9)6-13-10-5-8(2)14-11(12)15-10/h5,7,9H,3-4,6H2,1-2H3,(H,13,14,15). The number of aromatic nitrogens is 2. The van der Waals surface area contributed by atoms with Crippen LogP contribution in [0.2, 0.25) is 5.28 Å². The van der Waals surface area contributed by atoms with Gasteiger partial charge in [0.25, 0.3) is 0 Å². The van der Waals surface area contributed by atoms with E-state index in [2.05, 4.69) is 22.2 Å². The largest absolute Gasteiger partial charge is 0.370 e. The molecule has 1 aromatic rings. The zero-order chi connectivity index (χ0) is 10.8. The molecule has 1 N–H and O–H groups in total.